The molecule has 2 rings (SSSR count). The number of rotatable bonds is 2. The van der Waals surface area contributed by atoms with Gasteiger partial charge in [0.2, 0.25) is 0 Å². The van der Waals surface area contributed by atoms with E-state index in [1.165, 1.54) is 6.42 Å². The van der Waals surface area contributed by atoms with Gasteiger partial charge in [-0.15, -0.1) is 0 Å². The van der Waals surface area contributed by atoms with E-state index in [0.29, 0.717) is 18.1 Å². The summed E-state index contributed by atoms with van der Waals surface area (Å²) >= 11 is 0. The van der Waals surface area contributed by atoms with Crippen molar-refractivity contribution in [2.45, 2.75) is 38.8 Å². The predicted octanol–water partition coefficient (Wildman–Crippen LogP) is 0.690. The average Bonchev–Trinajstić information content (AvgIpc) is 2.51. The van der Waals surface area contributed by atoms with Crippen molar-refractivity contribution in [3.63, 3.8) is 0 Å². The molecule has 0 spiro atoms. The SMILES string of the molecule is CCOC(=O)[C@@H]1C[C@]2(C)C[C@@H]2N1. The zero-order valence-corrected chi connectivity index (χ0v) is 7.59. The average molecular weight is 169 g/mol. The summed E-state index contributed by atoms with van der Waals surface area (Å²) in [5.74, 6) is -0.0778. The van der Waals surface area contributed by atoms with E-state index < -0.39 is 0 Å². The van der Waals surface area contributed by atoms with Crippen molar-refractivity contribution in [1.29, 1.82) is 0 Å². The number of ether oxygens (including phenoxy) is 1. The number of hydrogen-bond donors (Lipinski definition) is 1. The molecular formula is C9H15NO2. The van der Waals surface area contributed by atoms with Gasteiger partial charge in [-0.05, 0) is 25.2 Å². The molecule has 68 valence electrons. The third kappa shape index (κ3) is 1.12. The van der Waals surface area contributed by atoms with Gasteiger partial charge in [0, 0.05) is 6.04 Å². The zero-order valence-electron chi connectivity index (χ0n) is 7.59. The van der Waals surface area contributed by atoms with Crippen LogP contribution in [-0.4, -0.2) is 24.7 Å². The maximum absolute atomic E-state index is 11.3. The van der Waals surface area contributed by atoms with Crippen LogP contribution in [0, 0.1) is 5.41 Å². The van der Waals surface area contributed by atoms with Crippen LogP contribution < -0.4 is 5.32 Å². The quantitative estimate of drug-likeness (QED) is 0.618. The first-order valence-electron chi connectivity index (χ1n) is 4.58. The van der Waals surface area contributed by atoms with Gasteiger partial charge < -0.3 is 10.1 Å². The highest BCUT2D eigenvalue weighted by Crippen LogP contribution is 2.53. The normalized spacial score (nSPS) is 43.8. The molecule has 2 fully saturated rings. The Labute approximate surface area is 72.5 Å². The second kappa shape index (κ2) is 2.46. The van der Waals surface area contributed by atoms with Crippen LogP contribution >= 0.6 is 0 Å². The summed E-state index contributed by atoms with van der Waals surface area (Å²) < 4.78 is 4.94. The molecule has 1 aliphatic carbocycles. The Hall–Kier alpha value is -0.570. The number of nitrogens with one attached hydrogen (secondary N) is 1. The molecule has 1 heterocycles. The molecule has 1 aliphatic heterocycles. The number of hydrogen-bond acceptors (Lipinski definition) is 3. The summed E-state index contributed by atoms with van der Waals surface area (Å²) in [6, 6.07) is 0.542. The number of piperidine rings is 1. The molecule has 2 aliphatic rings. The maximum atomic E-state index is 11.3. The van der Waals surface area contributed by atoms with Crippen molar-refractivity contribution in [2.75, 3.05) is 6.61 Å². The van der Waals surface area contributed by atoms with Gasteiger partial charge in [-0.2, -0.15) is 0 Å². The van der Waals surface area contributed by atoms with E-state index in [9.17, 15) is 4.79 Å². The number of fused-ring (bicyclic) bond motifs is 1. The number of carbonyl (C=O) groups excluding carboxylic acids is 1. The lowest BCUT2D eigenvalue weighted by Gasteiger charge is -2.12. The van der Waals surface area contributed by atoms with Crippen molar-refractivity contribution in [1.82, 2.24) is 5.32 Å². The van der Waals surface area contributed by atoms with E-state index >= 15 is 0 Å². The molecule has 3 nitrogen and oxygen atoms in total. The molecule has 12 heavy (non-hydrogen) atoms. The number of carbonyl (C=O) groups is 1. The summed E-state index contributed by atoms with van der Waals surface area (Å²) in [5.41, 5.74) is 0.400. The molecule has 0 aromatic carbocycles. The van der Waals surface area contributed by atoms with Crippen molar-refractivity contribution < 1.29 is 9.53 Å². The van der Waals surface area contributed by atoms with Crippen LogP contribution in [-0.2, 0) is 9.53 Å². The summed E-state index contributed by atoms with van der Waals surface area (Å²) in [6.07, 6.45) is 2.18. The van der Waals surface area contributed by atoms with Gasteiger partial charge in [0.25, 0.3) is 0 Å². The molecule has 0 aromatic rings. The minimum Gasteiger partial charge on any atom is -0.465 e. The minimum absolute atomic E-state index is 0.0336. The van der Waals surface area contributed by atoms with E-state index in [2.05, 4.69) is 12.2 Å². The van der Waals surface area contributed by atoms with Crippen LogP contribution in [0.4, 0.5) is 0 Å². The first-order chi connectivity index (χ1) is 5.65. The lowest BCUT2D eigenvalue weighted by Crippen LogP contribution is -2.35. The van der Waals surface area contributed by atoms with Crippen molar-refractivity contribution in [2.24, 2.45) is 5.41 Å². The molecule has 1 N–H and O–H groups in total. The van der Waals surface area contributed by atoms with Gasteiger partial charge in [0.1, 0.15) is 6.04 Å². The Balaban J connectivity index is 1.88. The smallest absolute Gasteiger partial charge is 0.323 e. The molecule has 0 radical (unpaired) electrons. The third-order valence-electron chi connectivity index (χ3n) is 3.00. The van der Waals surface area contributed by atoms with E-state index in [1.807, 2.05) is 6.92 Å². The summed E-state index contributed by atoms with van der Waals surface area (Å²) in [5, 5.41) is 3.28. The molecule has 0 amide bonds. The Kier molecular flexibility index (Phi) is 1.65. The van der Waals surface area contributed by atoms with Gasteiger partial charge in [-0.3, -0.25) is 4.79 Å². The second-order valence-electron chi connectivity index (χ2n) is 4.09. The van der Waals surface area contributed by atoms with Crippen molar-refractivity contribution in [3.05, 3.63) is 0 Å². The van der Waals surface area contributed by atoms with Crippen LogP contribution in [0.3, 0.4) is 0 Å². The van der Waals surface area contributed by atoms with Gasteiger partial charge in [-0.25, -0.2) is 0 Å². The Morgan fingerprint density at radius 3 is 2.92 bits per heavy atom. The largest absolute Gasteiger partial charge is 0.465 e. The lowest BCUT2D eigenvalue weighted by molar-refractivity contribution is -0.145. The Bertz CT molecular complexity index is 217. The van der Waals surface area contributed by atoms with Crippen LogP contribution in [0.5, 0.6) is 0 Å². The van der Waals surface area contributed by atoms with Crippen LogP contribution in [0.1, 0.15) is 26.7 Å². The van der Waals surface area contributed by atoms with Gasteiger partial charge in [-0.1, -0.05) is 6.92 Å². The number of esters is 1. The highest BCUT2D eigenvalue weighted by Gasteiger charge is 2.58. The van der Waals surface area contributed by atoms with E-state index in [0.717, 1.165) is 6.42 Å². The van der Waals surface area contributed by atoms with Gasteiger partial charge in [0.15, 0.2) is 0 Å². The maximum Gasteiger partial charge on any atom is 0.323 e. The summed E-state index contributed by atoms with van der Waals surface area (Å²) in [6.45, 7) is 4.55. The topological polar surface area (TPSA) is 38.3 Å². The molecule has 0 aromatic heterocycles. The molecule has 3 heteroatoms. The van der Waals surface area contributed by atoms with Gasteiger partial charge >= 0.3 is 5.97 Å². The predicted molar refractivity (Wildman–Crippen MR) is 44.7 cm³/mol. The monoisotopic (exact) mass is 169 g/mol. The summed E-state index contributed by atoms with van der Waals surface area (Å²) in [7, 11) is 0. The molecule has 3 atom stereocenters. The van der Waals surface area contributed by atoms with E-state index in [4.69, 9.17) is 4.74 Å². The third-order valence-corrected chi connectivity index (χ3v) is 3.00. The first kappa shape index (κ1) is 8.05. The molecular weight excluding hydrogens is 154 g/mol. The second-order valence-corrected chi connectivity index (χ2v) is 4.09. The van der Waals surface area contributed by atoms with Crippen molar-refractivity contribution in [3.8, 4) is 0 Å². The molecule has 0 unspecified atom stereocenters. The Morgan fingerprint density at radius 2 is 2.42 bits per heavy atom. The van der Waals surface area contributed by atoms with Gasteiger partial charge in [0.05, 0.1) is 6.61 Å². The highest BCUT2D eigenvalue weighted by molar-refractivity contribution is 5.76. The standard InChI is InChI=1S/C9H15NO2/c1-3-12-8(11)6-4-9(2)5-7(9)10-6/h6-7,10H,3-5H2,1-2H3/t6-,7-,9+/m0/s1. The van der Waals surface area contributed by atoms with Crippen LogP contribution in [0.15, 0.2) is 0 Å². The van der Waals surface area contributed by atoms with Crippen LogP contribution in [0.2, 0.25) is 0 Å². The first-order valence-corrected chi connectivity index (χ1v) is 4.58. The molecule has 1 saturated heterocycles. The van der Waals surface area contributed by atoms with Crippen molar-refractivity contribution >= 4 is 5.97 Å². The fourth-order valence-electron chi connectivity index (χ4n) is 2.06. The zero-order chi connectivity index (χ0) is 8.77. The summed E-state index contributed by atoms with van der Waals surface area (Å²) in [4.78, 5) is 11.3. The van der Waals surface area contributed by atoms with E-state index in [1.54, 1.807) is 0 Å². The highest BCUT2D eigenvalue weighted by atomic mass is 16.5. The lowest BCUT2D eigenvalue weighted by atomic mass is 10.0. The van der Waals surface area contributed by atoms with E-state index in [-0.39, 0.29) is 12.0 Å². The molecule has 0 bridgehead atoms. The fourth-order valence-corrected chi connectivity index (χ4v) is 2.06. The van der Waals surface area contributed by atoms with Crippen LogP contribution in [0.25, 0.3) is 0 Å². The Morgan fingerprint density at radius 1 is 1.67 bits per heavy atom. The molecule has 1 saturated carbocycles. The fraction of sp³-hybridized carbons (Fsp3) is 0.889. The minimum atomic E-state index is -0.0778.